The molecule has 0 aliphatic rings. The fourth-order valence-electron chi connectivity index (χ4n) is 1.44. The molecule has 0 bridgehead atoms. The summed E-state index contributed by atoms with van der Waals surface area (Å²) in [6, 6.07) is 5.77. The SMILES string of the molecule is COCC(O)CNc1ccc(OC)cc1C. The number of aryl methyl sites for hydroxylation is 1. The second kappa shape index (κ2) is 6.35. The van der Waals surface area contributed by atoms with Crippen LogP contribution in [0.25, 0.3) is 0 Å². The third kappa shape index (κ3) is 3.72. The van der Waals surface area contributed by atoms with Crippen molar-refractivity contribution in [1.29, 1.82) is 0 Å². The molecule has 0 fully saturated rings. The van der Waals surface area contributed by atoms with Crippen LogP contribution >= 0.6 is 0 Å². The van der Waals surface area contributed by atoms with Crippen molar-refractivity contribution in [3.8, 4) is 5.75 Å². The number of ether oxygens (including phenoxy) is 2. The average molecular weight is 225 g/mol. The lowest BCUT2D eigenvalue weighted by Crippen LogP contribution is -2.24. The van der Waals surface area contributed by atoms with Crippen molar-refractivity contribution in [3.05, 3.63) is 23.8 Å². The van der Waals surface area contributed by atoms with Crippen LogP contribution in [0, 0.1) is 6.92 Å². The van der Waals surface area contributed by atoms with Crippen molar-refractivity contribution >= 4 is 5.69 Å². The smallest absolute Gasteiger partial charge is 0.119 e. The van der Waals surface area contributed by atoms with Crippen molar-refractivity contribution in [1.82, 2.24) is 0 Å². The summed E-state index contributed by atoms with van der Waals surface area (Å²) < 4.78 is 9.97. The summed E-state index contributed by atoms with van der Waals surface area (Å²) in [5, 5.41) is 12.7. The number of aliphatic hydroxyl groups is 1. The predicted molar refractivity (Wildman–Crippen MR) is 64.1 cm³/mol. The van der Waals surface area contributed by atoms with Crippen molar-refractivity contribution in [2.75, 3.05) is 32.7 Å². The Balaban J connectivity index is 2.54. The zero-order chi connectivity index (χ0) is 12.0. The third-order valence-corrected chi connectivity index (χ3v) is 2.32. The van der Waals surface area contributed by atoms with Crippen LogP contribution in [-0.4, -0.2) is 38.6 Å². The molecule has 1 aromatic carbocycles. The molecule has 0 saturated heterocycles. The quantitative estimate of drug-likeness (QED) is 0.769. The summed E-state index contributed by atoms with van der Waals surface area (Å²) in [5.41, 5.74) is 2.08. The van der Waals surface area contributed by atoms with Crippen LogP contribution < -0.4 is 10.1 Å². The van der Waals surface area contributed by atoms with Gasteiger partial charge in [0.05, 0.1) is 19.8 Å². The molecule has 1 rings (SSSR count). The van der Waals surface area contributed by atoms with Gasteiger partial charge in [-0.25, -0.2) is 0 Å². The van der Waals surface area contributed by atoms with Crippen molar-refractivity contribution in [3.63, 3.8) is 0 Å². The van der Waals surface area contributed by atoms with E-state index in [1.807, 2.05) is 25.1 Å². The van der Waals surface area contributed by atoms with Gasteiger partial charge in [0.15, 0.2) is 0 Å². The molecule has 90 valence electrons. The Morgan fingerprint density at radius 3 is 2.69 bits per heavy atom. The number of hydrogen-bond donors (Lipinski definition) is 2. The number of aliphatic hydroxyl groups excluding tert-OH is 1. The molecule has 1 unspecified atom stereocenters. The molecule has 4 heteroatoms. The predicted octanol–water partition coefficient (Wildman–Crippen LogP) is 1.42. The normalized spacial score (nSPS) is 12.2. The fraction of sp³-hybridized carbons (Fsp3) is 0.500. The van der Waals surface area contributed by atoms with Crippen molar-refractivity contribution in [2.24, 2.45) is 0 Å². The van der Waals surface area contributed by atoms with E-state index in [1.165, 1.54) is 0 Å². The molecule has 0 aromatic heterocycles. The number of rotatable bonds is 6. The minimum atomic E-state index is -0.494. The fourth-order valence-corrected chi connectivity index (χ4v) is 1.44. The Morgan fingerprint density at radius 1 is 1.38 bits per heavy atom. The summed E-state index contributed by atoms with van der Waals surface area (Å²) in [6.45, 7) is 2.80. The lowest BCUT2D eigenvalue weighted by molar-refractivity contribution is 0.0727. The third-order valence-electron chi connectivity index (χ3n) is 2.32. The number of hydrogen-bond acceptors (Lipinski definition) is 4. The van der Waals surface area contributed by atoms with Gasteiger partial charge >= 0.3 is 0 Å². The molecule has 0 aliphatic carbocycles. The summed E-state index contributed by atoms with van der Waals surface area (Å²) in [7, 11) is 3.21. The molecule has 0 amide bonds. The van der Waals surface area contributed by atoms with Gasteiger partial charge in [0.25, 0.3) is 0 Å². The summed E-state index contributed by atoms with van der Waals surface area (Å²) in [6.07, 6.45) is -0.494. The van der Waals surface area contributed by atoms with E-state index in [2.05, 4.69) is 5.32 Å². The minimum Gasteiger partial charge on any atom is -0.497 e. The summed E-state index contributed by atoms with van der Waals surface area (Å²) in [5.74, 6) is 0.834. The van der Waals surface area contributed by atoms with Crippen LogP contribution in [0.4, 0.5) is 5.69 Å². The molecule has 2 N–H and O–H groups in total. The highest BCUT2D eigenvalue weighted by atomic mass is 16.5. The van der Waals surface area contributed by atoms with E-state index in [4.69, 9.17) is 9.47 Å². The van der Waals surface area contributed by atoms with Crippen LogP contribution in [0.1, 0.15) is 5.56 Å². The van der Waals surface area contributed by atoms with Crippen LogP contribution in [0.5, 0.6) is 5.75 Å². The number of anilines is 1. The second-order valence-corrected chi connectivity index (χ2v) is 3.67. The van der Waals surface area contributed by atoms with Crippen LogP contribution in [0.15, 0.2) is 18.2 Å². The maximum Gasteiger partial charge on any atom is 0.119 e. The van der Waals surface area contributed by atoms with Crippen molar-refractivity contribution in [2.45, 2.75) is 13.0 Å². The first-order chi connectivity index (χ1) is 7.67. The molecule has 0 aliphatic heterocycles. The molecule has 1 aromatic rings. The van der Waals surface area contributed by atoms with Gasteiger partial charge in [-0.15, -0.1) is 0 Å². The van der Waals surface area contributed by atoms with Crippen LogP contribution in [0.2, 0.25) is 0 Å². The highest BCUT2D eigenvalue weighted by Gasteiger charge is 2.04. The zero-order valence-corrected chi connectivity index (χ0v) is 9.99. The van der Waals surface area contributed by atoms with Gasteiger partial charge in [0.1, 0.15) is 5.75 Å². The monoisotopic (exact) mass is 225 g/mol. The van der Waals surface area contributed by atoms with Gasteiger partial charge in [-0.3, -0.25) is 0 Å². The lowest BCUT2D eigenvalue weighted by atomic mass is 10.2. The minimum absolute atomic E-state index is 0.336. The number of benzene rings is 1. The van der Waals surface area contributed by atoms with Gasteiger partial charge < -0.3 is 19.9 Å². The molecule has 0 radical (unpaired) electrons. The Labute approximate surface area is 96.2 Å². The number of methoxy groups -OCH3 is 2. The van der Waals surface area contributed by atoms with Gasteiger partial charge in [0, 0.05) is 19.3 Å². The van der Waals surface area contributed by atoms with Gasteiger partial charge in [-0.2, -0.15) is 0 Å². The van der Waals surface area contributed by atoms with Crippen molar-refractivity contribution < 1.29 is 14.6 Å². The van der Waals surface area contributed by atoms with Gasteiger partial charge in [-0.05, 0) is 30.7 Å². The number of nitrogens with one attached hydrogen (secondary N) is 1. The Bertz CT molecular complexity index is 328. The average Bonchev–Trinajstić information content (AvgIpc) is 2.27. The zero-order valence-electron chi connectivity index (χ0n) is 9.99. The van der Waals surface area contributed by atoms with E-state index in [9.17, 15) is 5.11 Å². The lowest BCUT2D eigenvalue weighted by Gasteiger charge is -2.14. The Morgan fingerprint density at radius 2 is 2.12 bits per heavy atom. The highest BCUT2D eigenvalue weighted by Crippen LogP contribution is 2.20. The van der Waals surface area contributed by atoms with E-state index < -0.39 is 6.10 Å². The first-order valence-electron chi connectivity index (χ1n) is 5.23. The molecular weight excluding hydrogens is 206 g/mol. The molecule has 0 heterocycles. The highest BCUT2D eigenvalue weighted by molar-refractivity contribution is 5.53. The van der Waals surface area contributed by atoms with E-state index >= 15 is 0 Å². The summed E-state index contributed by atoms with van der Waals surface area (Å²) in [4.78, 5) is 0. The van der Waals surface area contributed by atoms with E-state index in [1.54, 1.807) is 14.2 Å². The second-order valence-electron chi connectivity index (χ2n) is 3.67. The summed E-state index contributed by atoms with van der Waals surface area (Å²) >= 11 is 0. The Hall–Kier alpha value is -1.26. The van der Waals surface area contributed by atoms with Gasteiger partial charge in [-0.1, -0.05) is 0 Å². The molecule has 0 spiro atoms. The first-order valence-corrected chi connectivity index (χ1v) is 5.23. The first kappa shape index (κ1) is 12.8. The molecule has 0 saturated carbocycles. The van der Waals surface area contributed by atoms with Crippen LogP contribution in [0.3, 0.4) is 0 Å². The molecular formula is C12H19NO3. The topological polar surface area (TPSA) is 50.7 Å². The molecule has 4 nitrogen and oxygen atoms in total. The molecule has 1 atom stereocenters. The maximum atomic E-state index is 9.49. The maximum absolute atomic E-state index is 9.49. The largest absolute Gasteiger partial charge is 0.497 e. The standard InChI is InChI=1S/C12H19NO3/c1-9-6-11(16-3)4-5-12(9)13-7-10(14)8-15-2/h4-6,10,13-14H,7-8H2,1-3H3. The van der Waals surface area contributed by atoms with E-state index in [0.717, 1.165) is 17.0 Å². The molecule has 16 heavy (non-hydrogen) atoms. The van der Waals surface area contributed by atoms with E-state index in [-0.39, 0.29) is 0 Å². The van der Waals surface area contributed by atoms with E-state index in [0.29, 0.717) is 13.2 Å². The Kier molecular flexibility index (Phi) is 5.08. The van der Waals surface area contributed by atoms with Gasteiger partial charge in [0.2, 0.25) is 0 Å². The van der Waals surface area contributed by atoms with Crippen LogP contribution in [-0.2, 0) is 4.74 Å².